The maximum Gasteiger partial charge on any atom is 0.253 e. The van der Waals surface area contributed by atoms with Crippen molar-refractivity contribution in [2.45, 2.75) is 37.1 Å². The third-order valence-electron chi connectivity index (χ3n) is 5.52. The van der Waals surface area contributed by atoms with E-state index in [2.05, 4.69) is 9.97 Å². The molecule has 5 N–H and O–H groups in total. The van der Waals surface area contributed by atoms with Crippen LogP contribution in [0.15, 0.2) is 48.5 Å². The molecule has 0 bridgehead atoms. The van der Waals surface area contributed by atoms with Gasteiger partial charge in [-0.25, -0.2) is 4.98 Å². The number of H-pyrrole nitrogens is 1. The van der Waals surface area contributed by atoms with Crippen molar-refractivity contribution in [1.29, 1.82) is 0 Å². The number of rotatable bonds is 5. The lowest BCUT2D eigenvalue weighted by molar-refractivity contribution is -0.233. The first kappa shape index (κ1) is 21.4. The largest absolute Gasteiger partial charge is 0.394 e. The molecule has 1 fully saturated rings. The van der Waals surface area contributed by atoms with Crippen molar-refractivity contribution in [2.75, 3.05) is 13.7 Å². The molecule has 1 aliphatic rings. The Bertz CT molecular complexity index is 1050. The Morgan fingerprint density at radius 2 is 1.84 bits per heavy atom. The lowest BCUT2D eigenvalue weighted by Gasteiger charge is -2.39. The van der Waals surface area contributed by atoms with E-state index < -0.39 is 37.1 Å². The van der Waals surface area contributed by atoms with Gasteiger partial charge in [0.2, 0.25) is 0 Å². The predicted molar refractivity (Wildman–Crippen MR) is 111 cm³/mol. The van der Waals surface area contributed by atoms with Gasteiger partial charge in [-0.2, -0.15) is 0 Å². The lowest BCUT2D eigenvalue weighted by Crippen LogP contribution is -2.55. The number of aromatic nitrogens is 2. The first-order chi connectivity index (χ1) is 14.9. The second-order valence-corrected chi connectivity index (χ2v) is 7.75. The Morgan fingerprint density at radius 1 is 1.10 bits per heavy atom. The van der Waals surface area contributed by atoms with Gasteiger partial charge in [-0.3, -0.25) is 4.79 Å². The number of nitrogens with zero attached hydrogens (tertiary/aromatic N) is 2. The van der Waals surface area contributed by atoms with Crippen LogP contribution in [-0.2, 0) is 11.3 Å². The molecule has 9 nitrogen and oxygen atoms in total. The molecule has 0 unspecified atom stereocenters. The van der Waals surface area contributed by atoms with E-state index in [9.17, 15) is 25.2 Å². The Kier molecular flexibility index (Phi) is 6.03. The Labute approximate surface area is 178 Å². The number of hydrogen-bond donors (Lipinski definition) is 5. The summed E-state index contributed by atoms with van der Waals surface area (Å²) >= 11 is 0. The van der Waals surface area contributed by atoms with E-state index in [1.54, 1.807) is 30.1 Å². The monoisotopic (exact) mass is 427 g/mol. The molecule has 4 rings (SSSR count). The highest BCUT2D eigenvalue weighted by Crippen LogP contribution is 2.32. The number of nitrogens with one attached hydrogen (secondary N) is 1. The summed E-state index contributed by atoms with van der Waals surface area (Å²) in [7, 11) is 1.73. The third kappa shape index (κ3) is 4.18. The second kappa shape index (κ2) is 8.74. The number of aliphatic hydroxyl groups excluding tert-OH is 4. The molecule has 2 aromatic carbocycles. The van der Waals surface area contributed by atoms with E-state index in [-0.39, 0.29) is 11.7 Å². The summed E-state index contributed by atoms with van der Waals surface area (Å²) < 4.78 is 5.55. The highest BCUT2D eigenvalue weighted by molar-refractivity contribution is 5.97. The van der Waals surface area contributed by atoms with Gasteiger partial charge in [0.25, 0.3) is 5.91 Å². The zero-order chi connectivity index (χ0) is 22.1. The maximum absolute atomic E-state index is 12.9. The van der Waals surface area contributed by atoms with Crippen LogP contribution in [0.25, 0.3) is 11.0 Å². The van der Waals surface area contributed by atoms with E-state index in [1.165, 1.54) is 0 Å². The summed E-state index contributed by atoms with van der Waals surface area (Å²) in [6.45, 7) is -0.0507. The van der Waals surface area contributed by atoms with Gasteiger partial charge >= 0.3 is 0 Å². The van der Waals surface area contributed by atoms with Crippen molar-refractivity contribution in [3.63, 3.8) is 0 Å². The molecular weight excluding hydrogens is 402 g/mol. The third-order valence-corrected chi connectivity index (χ3v) is 5.52. The number of benzene rings is 2. The quantitative estimate of drug-likeness (QED) is 0.396. The van der Waals surface area contributed by atoms with Gasteiger partial charge in [-0.05, 0) is 23.8 Å². The molecule has 0 aliphatic carbocycles. The zero-order valence-electron chi connectivity index (χ0n) is 16.9. The number of ether oxygens (including phenoxy) is 1. The van der Waals surface area contributed by atoms with Crippen LogP contribution in [0.2, 0.25) is 0 Å². The van der Waals surface area contributed by atoms with Crippen LogP contribution in [0.4, 0.5) is 0 Å². The fraction of sp³-hybridized carbons (Fsp3) is 0.364. The molecule has 9 heteroatoms. The van der Waals surface area contributed by atoms with Gasteiger partial charge in [0.1, 0.15) is 36.3 Å². The molecule has 0 saturated carbocycles. The van der Waals surface area contributed by atoms with Crippen molar-refractivity contribution in [2.24, 2.45) is 0 Å². The fourth-order valence-corrected chi connectivity index (χ4v) is 3.77. The molecule has 1 saturated heterocycles. The van der Waals surface area contributed by atoms with Crippen LogP contribution in [-0.4, -0.2) is 79.3 Å². The normalized spacial score (nSPS) is 26.2. The molecule has 164 valence electrons. The number of carbonyl (C=O) groups excluding carboxylic acids is 1. The Balaban J connectivity index is 1.56. The van der Waals surface area contributed by atoms with Crippen LogP contribution in [0.3, 0.4) is 0 Å². The fourth-order valence-electron chi connectivity index (χ4n) is 3.77. The molecule has 1 aliphatic heterocycles. The standard InChI is InChI=1S/C22H25N3O6/c1-25(10-12-5-3-2-4-6-12)22(30)13-7-8-14-15(9-13)24-21(23-14)20-19(29)18(28)17(27)16(11-26)31-20/h2-9,16-20,26-29H,10-11H2,1H3,(H,23,24)/t16-,17+,18+,19-,20-/m1/s1. The summed E-state index contributed by atoms with van der Waals surface area (Å²) in [6, 6.07) is 14.7. The lowest BCUT2D eigenvalue weighted by atomic mass is 9.95. The Hall–Kier alpha value is -2.82. The van der Waals surface area contributed by atoms with Crippen LogP contribution in [0.1, 0.15) is 27.8 Å². The first-order valence-electron chi connectivity index (χ1n) is 9.98. The molecule has 31 heavy (non-hydrogen) atoms. The topological polar surface area (TPSA) is 139 Å². The number of aliphatic hydroxyl groups is 4. The zero-order valence-corrected chi connectivity index (χ0v) is 16.9. The minimum absolute atomic E-state index is 0.158. The average Bonchev–Trinajstić information content (AvgIpc) is 3.21. The second-order valence-electron chi connectivity index (χ2n) is 7.75. The highest BCUT2D eigenvalue weighted by Gasteiger charge is 2.45. The van der Waals surface area contributed by atoms with Crippen molar-refractivity contribution in [1.82, 2.24) is 14.9 Å². The minimum Gasteiger partial charge on any atom is -0.394 e. The van der Waals surface area contributed by atoms with Gasteiger partial charge in [0.05, 0.1) is 17.6 Å². The number of amides is 1. The molecule has 3 aromatic rings. The summed E-state index contributed by atoms with van der Waals surface area (Å²) in [5, 5.41) is 39.7. The molecule has 0 spiro atoms. The maximum atomic E-state index is 12.9. The van der Waals surface area contributed by atoms with Gasteiger partial charge in [-0.1, -0.05) is 30.3 Å². The summed E-state index contributed by atoms with van der Waals surface area (Å²) in [5.41, 5.74) is 2.60. The highest BCUT2D eigenvalue weighted by atomic mass is 16.5. The first-order valence-corrected chi connectivity index (χ1v) is 9.98. The number of aromatic amines is 1. The van der Waals surface area contributed by atoms with E-state index in [0.717, 1.165) is 5.56 Å². The SMILES string of the molecule is CN(Cc1ccccc1)C(=O)c1ccc2nc([C@@H]3O[C@H](CO)[C@H](O)[C@H](O)[C@H]3O)[nH]c2c1. The summed E-state index contributed by atoms with van der Waals surface area (Å²) in [5.74, 6) is 0.0730. The summed E-state index contributed by atoms with van der Waals surface area (Å²) in [6.07, 6.45) is -6.46. The van der Waals surface area contributed by atoms with Gasteiger partial charge in [0.15, 0.2) is 0 Å². The van der Waals surface area contributed by atoms with E-state index in [1.807, 2.05) is 30.3 Å². The molecule has 2 heterocycles. The van der Waals surface area contributed by atoms with Crippen molar-refractivity contribution in [3.05, 3.63) is 65.5 Å². The Morgan fingerprint density at radius 3 is 2.55 bits per heavy atom. The van der Waals surface area contributed by atoms with E-state index in [4.69, 9.17) is 4.74 Å². The number of fused-ring (bicyclic) bond motifs is 1. The van der Waals surface area contributed by atoms with Gasteiger partial charge in [0, 0.05) is 19.2 Å². The van der Waals surface area contributed by atoms with Gasteiger partial charge < -0.3 is 35.0 Å². The smallest absolute Gasteiger partial charge is 0.253 e. The molecule has 5 atom stereocenters. The molecule has 1 amide bonds. The number of hydrogen-bond acceptors (Lipinski definition) is 7. The molecule has 1 aromatic heterocycles. The van der Waals surface area contributed by atoms with Crippen molar-refractivity contribution in [3.8, 4) is 0 Å². The van der Waals surface area contributed by atoms with Crippen LogP contribution in [0, 0.1) is 0 Å². The van der Waals surface area contributed by atoms with Gasteiger partial charge in [-0.15, -0.1) is 0 Å². The molecular formula is C22H25N3O6. The summed E-state index contributed by atoms with van der Waals surface area (Å²) in [4.78, 5) is 21.9. The minimum atomic E-state index is -1.49. The number of carbonyl (C=O) groups is 1. The van der Waals surface area contributed by atoms with Crippen molar-refractivity contribution < 1.29 is 30.0 Å². The van der Waals surface area contributed by atoms with Crippen LogP contribution < -0.4 is 0 Å². The predicted octanol–water partition coefficient (Wildman–Crippen LogP) is 0.350. The van der Waals surface area contributed by atoms with E-state index >= 15 is 0 Å². The van der Waals surface area contributed by atoms with E-state index in [0.29, 0.717) is 23.1 Å². The van der Waals surface area contributed by atoms with Crippen molar-refractivity contribution >= 4 is 16.9 Å². The molecule has 0 radical (unpaired) electrons. The van der Waals surface area contributed by atoms with Crippen LogP contribution >= 0.6 is 0 Å². The number of imidazole rings is 1. The average molecular weight is 427 g/mol. The van der Waals surface area contributed by atoms with Crippen LogP contribution in [0.5, 0.6) is 0 Å².